The van der Waals surface area contributed by atoms with Gasteiger partial charge in [-0.3, -0.25) is 0 Å². The minimum absolute atomic E-state index is 0.470. The number of aryl methyl sites for hydroxylation is 4. The Balaban J connectivity index is 2.19. The quantitative estimate of drug-likeness (QED) is 0.594. The van der Waals surface area contributed by atoms with E-state index in [9.17, 15) is 0 Å². The monoisotopic (exact) mass is 353 g/mol. The van der Waals surface area contributed by atoms with E-state index >= 15 is 0 Å². The molecule has 0 spiro atoms. The summed E-state index contributed by atoms with van der Waals surface area (Å²) in [5, 5.41) is 3.67. The van der Waals surface area contributed by atoms with Crippen molar-refractivity contribution < 1.29 is 0 Å². The van der Waals surface area contributed by atoms with Gasteiger partial charge >= 0.3 is 0 Å². The van der Waals surface area contributed by atoms with Crippen molar-refractivity contribution in [1.82, 2.24) is 9.36 Å². The third kappa shape index (κ3) is 3.40. The Kier molecular flexibility index (Phi) is 5.09. The van der Waals surface area contributed by atoms with E-state index in [-0.39, 0.29) is 0 Å². The zero-order valence-corrected chi connectivity index (χ0v) is 16.8. The van der Waals surface area contributed by atoms with E-state index < -0.39 is 0 Å². The molecule has 0 aliphatic carbocycles. The second-order valence-corrected chi connectivity index (χ2v) is 7.72. The zero-order valence-electron chi connectivity index (χ0n) is 16.0. The molecular formula is C21H27N3S. The molecule has 4 heteroatoms. The number of fused-ring (bicyclic) bond motifs is 1. The van der Waals surface area contributed by atoms with Crippen LogP contribution in [0.15, 0.2) is 18.2 Å². The van der Waals surface area contributed by atoms with E-state index in [1.165, 1.54) is 27.1 Å². The van der Waals surface area contributed by atoms with Crippen LogP contribution in [0.25, 0.3) is 21.5 Å². The normalized spacial score (nSPS) is 11.5. The highest BCUT2D eigenvalue weighted by Gasteiger charge is 2.18. The molecule has 132 valence electrons. The molecule has 0 radical (unpaired) electrons. The number of benzene rings is 1. The molecule has 0 atom stereocenters. The van der Waals surface area contributed by atoms with Crippen LogP contribution in [-0.2, 0) is 0 Å². The van der Waals surface area contributed by atoms with Crippen LogP contribution in [0.1, 0.15) is 49.1 Å². The Morgan fingerprint density at radius 1 is 0.960 bits per heavy atom. The van der Waals surface area contributed by atoms with Crippen LogP contribution in [0.2, 0.25) is 0 Å². The van der Waals surface area contributed by atoms with Crippen molar-refractivity contribution in [3.05, 3.63) is 40.6 Å². The Morgan fingerprint density at radius 3 is 2.20 bits per heavy atom. The summed E-state index contributed by atoms with van der Waals surface area (Å²) in [5.74, 6) is 0. The molecular weight excluding hydrogens is 326 g/mol. The van der Waals surface area contributed by atoms with E-state index in [0.29, 0.717) is 6.04 Å². The lowest BCUT2D eigenvalue weighted by Crippen LogP contribution is -2.17. The first-order chi connectivity index (χ1) is 11.9. The number of hydrogen-bond acceptors (Lipinski definition) is 4. The number of hydrogen-bond donors (Lipinski definition) is 1. The molecule has 1 N–H and O–H groups in total. The van der Waals surface area contributed by atoms with Crippen LogP contribution in [0.5, 0.6) is 0 Å². The molecule has 0 amide bonds. The third-order valence-electron chi connectivity index (χ3n) is 4.81. The zero-order chi connectivity index (χ0) is 18.1. The van der Waals surface area contributed by atoms with Crippen molar-refractivity contribution in [3.8, 4) is 10.4 Å². The third-order valence-corrected chi connectivity index (χ3v) is 5.67. The van der Waals surface area contributed by atoms with Crippen molar-refractivity contribution in [3.63, 3.8) is 0 Å². The lowest BCUT2D eigenvalue weighted by atomic mass is 9.98. The van der Waals surface area contributed by atoms with Crippen LogP contribution < -0.4 is 5.32 Å². The predicted octanol–water partition coefficient (Wildman–Crippen LogP) is 6.19. The summed E-state index contributed by atoms with van der Waals surface area (Å²) >= 11 is 1.56. The fourth-order valence-electron chi connectivity index (χ4n) is 3.58. The number of rotatable bonds is 5. The van der Waals surface area contributed by atoms with E-state index in [1.54, 1.807) is 11.5 Å². The molecule has 2 heterocycles. The summed E-state index contributed by atoms with van der Waals surface area (Å²) in [7, 11) is 0. The SMILES string of the molecule is CCC(CC)Nc1cc(C)nc2c(-c3c(C)cc(C)cc3C)snc12. The molecule has 3 rings (SSSR count). The summed E-state index contributed by atoms with van der Waals surface area (Å²) in [6, 6.07) is 7.08. The highest BCUT2D eigenvalue weighted by molar-refractivity contribution is 7.11. The molecule has 0 bridgehead atoms. The average molecular weight is 354 g/mol. The Bertz CT molecular complexity index is 884. The summed E-state index contributed by atoms with van der Waals surface area (Å²) in [6.07, 6.45) is 2.21. The summed E-state index contributed by atoms with van der Waals surface area (Å²) in [6.45, 7) is 13.0. The Morgan fingerprint density at radius 2 is 1.60 bits per heavy atom. The lowest BCUT2D eigenvalue weighted by molar-refractivity contribution is 0.672. The summed E-state index contributed by atoms with van der Waals surface area (Å²) < 4.78 is 4.78. The fraction of sp³-hybridized carbons (Fsp3) is 0.429. The maximum Gasteiger partial charge on any atom is 0.126 e. The first-order valence-electron chi connectivity index (χ1n) is 9.06. The second-order valence-electron chi connectivity index (χ2n) is 6.95. The van der Waals surface area contributed by atoms with Gasteiger partial charge in [-0.2, -0.15) is 4.37 Å². The largest absolute Gasteiger partial charge is 0.380 e. The molecule has 2 aromatic heterocycles. The molecule has 0 unspecified atom stereocenters. The summed E-state index contributed by atoms with van der Waals surface area (Å²) in [4.78, 5) is 6.03. The maximum absolute atomic E-state index is 4.84. The maximum atomic E-state index is 4.84. The minimum atomic E-state index is 0.470. The van der Waals surface area contributed by atoms with Crippen molar-refractivity contribution in [2.24, 2.45) is 0 Å². The number of aromatic nitrogens is 2. The smallest absolute Gasteiger partial charge is 0.126 e. The van der Waals surface area contributed by atoms with Gasteiger partial charge in [-0.1, -0.05) is 31.5 Å². The van der Waals surface area contributed by atoms with Gasteiger partial charge in [-0.05, 0) is 69.3 Å². The second kappa shape index (κ2) is 7.12. The number of pyridine rings is 1. The predicted molar refractivity (Wildman–Crippen MR) is 110 cm³/mol. The Hall–Kier alpha value is -1.94. The van der Waals surface area contributed by atoms with Gasteiger partial charge < -0.3 is 5.32 Å². The number of nitrogens with one attached hydrogen (secondary N) is 1. The standard InChI is InChI=1S/C21H27N3S/c1-7-16(8-2)23-17-11-15(6)22-20-19(17)24-25-21(20)18-13(4)9-12(3)10-14(18)5/h9-11,16,23H,7-8H2,1-6H3. The van der Waals surface area contributed by atoms with Crippen molar-refractivity contribution in [2.45, 2.75) is 60.4 Å². The molecule has 3 nitrogen and oxygen atoms in total. The van der Waals surface area contributed by atoms with E-state index in [1.807, 2.05) is 0 Å². The fourth-order valence-corrected chi connectivity index (χ4v) is 4.59. The van der Waals surface area contributed by atoms with Crippen LogP contribution >= 0.6 is 11.5 Å². The highest BCUT2D eigenvalue weighted by Crippen LogP contribution is 2.38. The van der Waals surface area contributed by atoms with Crippen LogP contribution in [0.4, 0.5) is 5.69 Å². The van der Waals surface area contributed by atoms with Gasteiger partial charge in [-0.15, -0.1) is 0 Å². The van der Waals surface area contributed by atoms with Gasteiger partial charge in [0, 0.05) is 17.3 Å². The van der Waals surface area contributed by atoms with Crippen molar-refractivity contribution >= 4 is 28.3 Å². The first kappa shape index (κ1) is 17.9. The minimum Gasteiger partial charge on any atom is -0.380 e. The van der Waals surface area contributed by atoms with E-state index in [4.69, 9.17) is 9.36 Å². The molecule has 0 saturated carbocycles. The van der Waals surface area contributed by atoms with Crippen molar-refractivity contribution in [1.29, 1.82) is 0 Å². The van der Waals surface area contributed by atoms with E-state index in [2.05, 4.69) is 65.1 Å². The molecule has 0 fully saturated rings. The first-order valence-corrected chi connectivity index (χ1v) is 9.83. The number of nitrogens with zero attached hydrogens (tertiary/aromatic N) is 2. The average Bonchev–Trinajstić information content (AvgIpc) is 2.95. The molecule has 0 saturated heterocycles. The van der Waals surface area contributed by atoms with Gasteiger partial charge in [0.25, 0.3) is 0 Å². The molecule has 0 aliphatic rings. The topological polar surface area (TPSA) is 37.8 Å². The van der Waals surface area contributed by atoms with Crippen LogP contribution in [0.3, 0.4) is 0 Å². The van der Waals surface area contributed by atoms with Gasteiger partial charge in [0.15, 0.2) is 0 Å². The summed E-state index contributed by atoms with van der Waals surface area (Å²) in [5.41, 5.74) is 9.33. The molecule has 1 aromatic carbocycles. The number of anilines is 1. The van der Waals surface area contributed by atoms with Crippen LogP contribution in [-0.4, -0.2) is 15.4 Å². The van der Waals surface area contributed by atoms with Gasteiger partial charge in [0.05, 0.1) is 10.6 Å². The molecule has 0 aliphatic heterocycles. The van der Waals surface area contributed by atoms with E-state index in [0.717, 1.165) is 35.3 Å². The molecule has 3 aromatic rings. The van der Waals surface area contributed by atoms with Gasteiger partial charge in [0.1, 0.15) is 11.0 Å². The van der Waals surface area contributed by atoms with Gasteiger partial charge in [0.2, 0.25) is 0 Å². The lowest BCUT2D eigenvalue weighted by Gasteiger charge is -2.17. The van der Waals surface area contributed by atoms with Crippen LogP contribution in [0, 0.1) is 27.7 Å². The highest BCUT2D eigenvalue weighted by atomic mass is 32.1. The van der Waals surface area contributed by atoms with Crippen molar-refractivity contribution in [2.75, 3.05) is 5.32 Å². The van der Waals surface area contributed by atoms with Gasteiger partial charge in [-0.25, -0.2) is 4.98 Å². The Labute approximate surface area is 154 Å². The molecule has 25 heavy (non-hydrogen) atoms.